The van der Waals surface area contributed by atoms with Gasteiger partial charge in [0, 0.05) is 17.3 Å². The molecular formula is C13H17NO5. The van der Waals surface area contributed by atoms with Gasteiger partial charge in [-0.1, -0.05) is 6.07 Å². The Kier molecular flexibility index (Phi) is 4.37. The highest BCUT2D eigenvalue weighted by Gasteiger charge is 2.16. The number of nitrogens with one attached hydrogen (secondary N) is 1. The van der Waals surface area contributed by atoms with Gasteiger partial charge in [-0.15, -0.1) is 0 Å². The van der Waals surface area contributed by atoms with Crippen LogP contribution in [0.4, 0.5) is 10.5 Å². The molecule has 0 spiro atoms. The lowest BCUT2D eigenvalue weighted by Gasteiger charge is -2.19. The van der Waals surface area contributed by atoms with Gasteiger partial charge in [0.25, 0.3) is 0 Å². The van der Waals surface area contributed by atoms with Crippen LogP contribution in [-0.2, 0) is 16.0 Å². The molecule has 0 fully saturated rings. The minimum absolute atomic E-state index is 0.184. The lowest BCUT2D eigenvalue weighted by Crippen LogP contribution is -2.27. The number of carboxylic acid groups (broad SMARTS) is 1. The zero-order valence-corrected chi connectivity index (χ0v) is 11.1. The maximum Gasteiger partial charge on any atom is 0.412 e. The summed E-state index contributed by atoms with van der Waals surface area (Å²) >= 11 is 0. The van der Waals surface area contributed by atoms with Gasteiger partial charge in [-0.3, -0.25) is 10.1 Å². The molecule has 0 atom stereocenters. The van der Waals surface area contributed by atoms with Crippen LogP contribution in [0, 0.1) is 0 Å². The molecule has 0 aromatic heterocycles. The highest BCUT2D eigenvalue weighted by Crippen LogP contribution is 2.23. The van der Waals surface area contributed by atoms with Crippen molar-refractivity contribution in [3.8, 4) is 5.75 Å². The van der Waals surface area contributed by atoms with Crippen molar-refractivity contribution in [3.05, 3.63) is 23.8 Å². The molecule has 0 radical (unpaired) electrons. The largest absolute Gasteiger partial charge is 0.508 e. The van der Waals surface area contributed by atoms with Crippen LogP contribution in [0.25, 0.3) is 0 Å². The number of phenolic OH excluding ortho intramolecular Hbond substituents is 1. The molecule has 0 saturated carbocycles. The molecule has 0 aliphatic heterocycles. The standard InChI is InChI=1S/C13H17NO5/c1-13(2,3)19-12(18)14-9-5-4-8(6-11(16)17)10(15)7-9/h4-5,7,15H,6H2,1-3H3,(H,14,18)(H,16,17). The highest BCUT2D eigenvalue weighted by molar-refractivity contribution is 5.85. The van der Waals surface area contributed by atoms with E-state index < -0.39 is 17.7 Å². The Hall–Kier alpha value is -2.24. The summed E-state index contributed by atoms with van der Waals surface area (Å²) in [7, 11) is 0. The van der Waals surface area contributed by atoms with E-state index in [4.69, 9.17) is 9.84 Å². The van der Waals surface area contributed by atoms with Crippen LogP contribution in [0.15, 0.2) is 18.2 Å². The lowest BCUT2D eigenvalue weighted by atomic mass is 10.1. The molecule has 1 rings (SSSR count). The number of ether oxygens (including phenoxy) is 1. The predicted octanol–water partition coefficient (Wildman–Crippen LogP) is 2.37. The Balaban J connectivity index is 2.73. The molecule has 0 bridgehead atoms. The normalized spacial score (nSPS) is 10.9. The van der Waals surface area contributed by atoms with Crippen molar-refractivity contribution in [2.75, 3.05) is 5.32 Å². The molecule has 1 aromatic carbocycles. The number of benzene rings is 1. The van der Waals surface area contributed by atoms with E-state index in [1.807, 2.05) is 0 Å². The van der Waals surface area contributed by atoms with Crippen molar-refractivity contribution in [1.29, 1.82) is 0 Å². The van der Waals surface area contributed by atoms with Gasteiger partial charge in [-0.2, -0.15) is 0 Å². The van der Waals surface area contributed by atoms with Crippen LogP contribution >= 0.6 is 0 Å². The quantitative estimate of drug-likeness (QED) is 0.781. The first-order valence-electron chi connectivity index (χ1n) is 5.71. The van der Waals surface area contributed by atoms with Crippen molar-refractivity contribution >= 4 is 17.7 Å². The first-order chi connectivity index (χ1) is 8.67. The summed E-state index contributed by atoms with van der Waals surface area (Å²) in [5.41, 5.74) is -0.00169. The second kappa shape index (κ2) is 5.60. The number of amides is 1. The Labute approximate surface area is 111 Å². The summed E-state index contributed by atoms with van der Waals surface area (Å²) < 4.78 is 5.05. The number of carbonyl (C=O) groups excluding carboxylic acids is 1. The first-order valence-corrected chi connectivity index (χ1v) is 5.71. The molecule has 6 nitrogen and oxygen atoms in total. The van der Waals surface area contributed by atoms with Gasteiger partial charge in [0.1, 0.15) is 11.4 Å². The van der Waals surface area contributed by atoms with E-state index in [2.05, 4.69) is 5.32 Å². The van der Waals surface area contributed by atoms with Crippen LogP contribution < -0.4 is 5.32 Å². The van der Waals surface area contributed by atoms with Crippen molar-refractivity contribution in [1.82, 2.24) is 0 Å². The SMILES string of the molecule is CC(C)(C)OC(=O)Nc1ccc(CC(=O)O)c(O)c1. The van der Waals surface area contributed by atoms with Crippen LogP contribution in [0.3, 0.4) is 0 Å². The summed E-state index contributed by atoms with van der Waals surface area (Å²) in [6.07, 6.45) is -0.920. The van der Waals surface area contributed by atoms with Gasteiger partial charge < -0.3 is 14.9 Å². The topological polar surface area (TPSA) is 95.9 Å². The molecule has 1 aromatic rings. The Morgan fingerprint density at radius 1 is 1.32 bits per heavy atom. The molecule has 104 valence electrons. The van der Waals surface area contributed by atoms with Crippen LogP contribution in [0.1, 0.15) is 26.3 Å². The van der Waals surface area contributed by atoms with E-state index in [9.17, 15) is 14.7 Å². The van der Waals surface area contributed by atoms with Gasteiger partial charge in [0.15, 0.2) is 0 Å². The molecular weight excluding hydrogens is 250 g/mol. The molecule has 19 heavy (non-hydrogen) atoms. The Morgan fingerprint density at radius 3 is 2.42 bits per heavy atom. The number of aromatic hydroxyl groups is 1. The summed E-state index contributed by atoms with van der Waals surface area (Å²) in [6.45, 7) is 5.21. The van der Waals surface area contributed by atoms with Crippen molar-refractivity contribution in [2.24, 2.45) is 0 Å². The number of anilines is 1. The third-order valence-electron chi connectivity index (χ3n) is 2.07. The van der Waals surface area contributed by atoms with Gasteiger partial charge in [0.05, 0.1) is 6.42 Å². The summed E-state index contributed by atoms with van der Waals surface area (Å²) in [4.78, 5) is 22.0. The van der Waals surface area contributed by atoms with Crippen LogP contribution in [-0.4, -0.2) is 27.9 Å². The fourth-order valence-corrected chi connectivity index (χ4v) is 1.38. The monoisotopic (exact) mass is 267 g/mol. The molecule has 0 unspecified atom stereocenters. The van der Waals surface area contributed by atoms with Gasteiger partial charge >= 0.3 is 12.1 Å². The fourth-order valence-electron chi connectivity index (χ4n) is 1.38. The predicted molar refractivity (Wildman–Crippen MR) is 69.3 cm³/mol. The summed E-state index contributed by atoms with van der Waals surface area (Å²) in [5, 5.41) is 20.7. The van der Waals surface area contributed by atoms with Gasteiger partial charge in [-0.25, -0.2) is 4.79 Å². The van der Waals surface area contributed by atoms with Gasteiger partial charge in [0.2, 0.25) is 0 Å². The van der Waals surface area contributed by atoms with E-state index in [1.165, 1.54) is 18.2 Å². The van der Waals surface area contributed by atoms with E-state index in [0.717, 1.165) is 0 Å². The van der Waals surface area contributed by atoms with Crippen molar-refractivity contribution in [3.63, 3.8) is 0 Å². The van der Waals surface area contributed by atoms with E-state index in [0.29, 0.717) is 5.69 Å². The number of rotatable bonds is 3. The van der Waals surface area contributed by atoms with Crippen molar-refractivity contribution in [2.45, 2.75) is 32.8 Å². The number of carbonyl (C=O) groups is 2. The number of carboxylic acids is 1. The zero-order valence-electron chi connectivity index (χ0n) is 11.1. The number of hydrogen-bond acceptors (Lipinski definition) is 4. The fraction of sp³-hybridized carbons (Fsp3) is 0.385. The second-order valence-electron chi connectivity index (χ2n) is 5.04. The molecule has 0 saturated heterocycles. The third-order valence-corrected chi connectivity index (χ3v) is 2.07. The molecule has 0 aliphatic rings. The molecule has 0 heterocycles. The smallest absolute Gasteiger partial charge is 0.412 e. The number of aliphatic carboxylic acids is 1. The summed E-state index contributed by atoms with van der Waals surface area (Å²) in [5.74, 6) is -1.22. The highest BCUT2D eigenvalue weighted by atomic mass is 16.6. The maximum absolute atomic E-state index is 11.5. The maximum atomic E-state index is 11.5. The van der Waals surface area contributed by atoms with E-state index in [1.54, 1.807) is 20.8 Å². The molecule has 3 N–H and O–H groups in total. The average molecular weight is 267 g/mol. The average Bonchev–Trinajstić information content (AvgIpc) is 2.18. The minimum Gasteiger partial charge on any atom is -0.508 e. The van der Waals surface area contributed by atoms with Crippen LogP contribution in [0.2, 0.25) is 0 Å². The summed E-state index contributed by atoms with van der Waals surface area (Å²) in [6, 6.07) is 4.22. The minimum atomic E-state index is -1.04. The van der Waals surface area contributed by atoms with Crippen LogP contribution in [0.5, 0.6) is 5.75 Å². The zero-order chi connectivity index (χ0) is 14.6. The molecule has 1 amide bonds. The number of hydrogen-bond donors (Lipinski definition) is 3. The first kappa shape index (κ1) is 14.8. The van der Waals surface area contributed by atoms with Gasteiger partial charge in [-0.05, 0) is 26.8 Å². The van der Waals surface area contributed by atoms with Crippen molar-refractivity contribution < 1.29 is 24.5 Å². The second-order valence-corrected chi connectivity index (χ2v) is 5.04. The number of phenols is 1. The lowest BCUT2D eigenvalue weighted by molar-refractivity contribution is -0.136. The molecule has 0 aliphatic carbocycles. The van der Waals surface area contributed by atoms with E-state index >= 15 is 0 Å². The third kappa shape index (κ3) is 5.29. The Morgan fingerprint density at radius 2 is 1.95 bits per heavy atom. The Bertz CT molecular complexity index is 490. The van der Waals surface area contributed by atoms with E-state index in [-0.39, 0.29) is 17.7 Å². The molecule has 6 heteroatoms.